The molecule has 0 unspecified atom stereocenters. The van der Waals surface area contributed by atoms with Gasteiger partial charge in [-0.1, -0.05) is 121 Å². The molecule has 13 rings (SSSR count). The van der Waals surface area contributed by atoms with Gasteiger partial charge in [-0.2, -0.15) is 9.97 Å². The van der Waals surface area contributed by atoms with Crippen LogP contribution in [0.3, 0.4) is 0 Å². The van der Waals surface area contributed by atoms with Crippen molar-refractivity contribution in [1.29, 1.82) is 0 Å². The van der Waals surface area contributed by atoms with Crippen molar-refractivity contribution < 1.29 is 0 Å². The number of para-hydroxylation sites is 1. The minimum absolute atomic E-state index is 0.191. The maximum atomic E-state index is 5.13. The molecule has 0 radical (unpaired) electrons. The number of nitrogens with zero attached hydrogens (tertiary/aromatic N) is 4. The van der Waals surface area contributed by atoms with Gasteiger partial charge in [0, 0.05) is 27.3 Å². The molecule has 4 heteroatoms. The van der Waals surface area contributed by atoms with Gasteiger partial charge in [-0.05, 0) is 113 Å². The maximum Gasteiger partial charge on any atom is 0.238 e. The highest BCUT2D eigenvalue weighted by Gasteiger charge is 2.61. The second kappa shape index (κ2) is 11.1. The van der Waals surface area contributed by atoms with Crippen molar-refractivity contribution in [2.24, 2.45) is 23.7 Å². The van der Waals surface area contributed by atoms with E-state index in [-0.39, 0.29) is 5.41 Å². The summed E-state index contributed by atoms with van der Waals surface area (Å²) in [6, 6.07) is 52.9. The summed E-state index contributed by atoms with van der Waals surface area (Å²) in [5.41, 5.74) is 12.9. The lowest BCUT2D eigenvalue weighted by molar-refractivity contribution is -0.0399. The third-order valence-electron chi connectivity index (χ3n) is 13.4. The van der Waals surface area contributed by atoms with E-state index in [4.69, 9.17) is 15.0 Å². The van der Waals surface area contributed by atoms with Gasteiger partial charge in [0.15, 0.2) is 11.6 Å². The minimum Gasteiger partial charge on any atom is -0.278 e. The number of rotatable bonds is 4. The van der Waals surface area contributed by atoms with Gasteiger partial charge in [-0.15, -0.1) is 0 Å². The molecule has 0 N–H and O–H groups in total. The number of benzene rings is 6. The van der Waals surface area contributed by atoms with E-state index in [0.717, 1.165) is 45.8 Å². The number of hydrogen-bond donors (Lipinski definition) is 0. The standard InChI is InChI=1S/C49H38N4/c1-3-11-32(12-4-1)46-50-47(33-13-5-2-6-14-33)52-48(51-46)53-44-18-10-8-16-39(44)41-29-35(20-22-45(41)53)34-19-21-43-40(28-34)38-15-7-9-17-42(38)49(43)36-24-30-23-31(26-36)27-37(49)25-30/h1-22,28-31,36-37H,23-27H2. The van der Waals surface area contributed by atoms with Gasteiger partial charge >= 0.3 is 0 Å². The zero-order chi connectivity index (χ0) is 34.7. The van der Waals surface area contributed by atoms with Crippen LogP contribution >= 0.6 is 0 Å². The predicted octanol–water partition coefficient (Wildman–Crippen LogP) is 11.7. The van der Waals surface area contributed by atoms with E-state index in [0.29, 0.717) is 17.6 Å². The Labute approximate surface area is 309 Å². The molecule has 5 aliphatic rings. The van der Waals surface area contributed by atoms with E-state index < -0.39 is 0 Å². The third-order valence-corrected chi connectivity index (χ3v) is 13.4. The SMILES string of the molecule is c1ccc(-c2nc(-c3ccccc3)nc(-n3c4ccccc4c4cc(-c5ccc6c(c5)-c5ccccc5C65C6CC7CC(C6)CC5C7)ccc43)n2)cc1. The molecule has 0 atom stereocenters. The van der Waals surface area contributed by atoms with E-state index in [2.05, 4.69) is 114 Å². The van der Waals surface area contributed by atoms with Gasteiger partial charge in [-0.3, -0.25) is 4.57 Å². The highest BCUT2D eigenvalue weighted by atomic mass is 15.2. The molecule has 6 aromatic carbocycles. The second-order valence-corrected chi connectivity index (χ2v) is 16.1. The summed E-state index contributed by atoms with van der Waals surface area (Å²) in [6.45, 7) is 0. The zero-order valence-electron chi connectivity index (χ0n) is 29.5. The first-order valence-corrected chi connectivity index (χ1v) is 19.4. The molecule has 0 saturated heterocycles. The smallest absolute Gasteiger partial charge is 0.238 e. The van der Waals surface area contributed by atoms with Gasteiger partial charge in [0.1, 0.15) is 0 Å². The molecule has 2 aromatic heterocycles. The summed E-state index contributed by atoms with van der Waals surface area (Å²) < 4.78 is 2.21. The van der Waals surface area contributed by atoms with Crippen LogP contribution in [-0.2, 0) is 5.41 Å². The molecule has 254 valence electrons. The van der Waals surface area contributed by atoms with Crippen molar-refractivity contribution in [2.75, 3.05) is 0 Å². The molecule has 4 nitrogen and oxygen atoms in total. The highest BCUT2D eigenvalue weighted by Crippen LogP contribution is 2.69. The van der Waals surface area contributed by atoms with Crippen LogP contribution in [-0.4, -0.2) is 19.5 Å². The van der Waals surface area contributed by atoms with Crippen molar-refractivity contribution in [3.8, 4) is 51.0 Å². The molecule has 8 aromatic rings. The fourth-order valence-corrected chi connectivity index (χ4v) is 11.6. The molecular formula is C49H38N4. The Kier molecular flexibility index (Phi) is 6.20. The van der Waals surface area contributed by atoms with Crippen molar-refractivity contribution in [2.45, 2.75) is 37.5 Å². The lowest BCUT2D eigenvalue weighted by Crippen LogP contribution is -2.55. The summed E-state index contributed by atoms with van der Waals surface area (Å²) >= 11 is 0. The van der Waals surface area contributed by atoms with Gasteiger partial charge in [-0.25, -0.2) is 4.98 Å². The van der Waals surface area contributed by atoms with Crippen molar-refractivity contribution >= 4 is 21.8 Å². The zero-order valence-corrected chi connectivity index (χ0v) is 29.5. The molecule has 5 aliphatic carbocycles. The van der Waals surface area contributed by atoms with Crippen molar-refractivity contribution in [1.82, 2.24) is 19.5 Å². The van der Waals surface area contributed by atoms with E-state index in [1.807, 2.05) is 36.4 Å². The topological polar surface area (TPSA) is 43.6 Å². The monoisotopic (exact) mass is 682 g/mol. The quantitative estimate of drug-likeness (QED) is 0.186. The van der Waals surface area contributed by atoms with E-state index in [1.54, 1.807) is 11.1 Å². The lowest BCUT2D eigenvalue weighted by Gasteiger charge is -2.61. The molecular weight excluding hydrogens is 645 g/mol. The second-order valence-electron chi connectivity index (χ2n) is 16.1. The lowest BCUT2D eigenvalue weighted by atomic mass is 9.43. The fourth-order valence-electron chi connectivity index (χ4n) is 11.6. The van der Waals surface area contributed by atoms with E-state index >= 15 is 0 Å². The fraction of sp³-hybridized carbons (Fsp3) is 0.204. The summed E-state index contributed by atoms with van der Waals surface area (Å²) in [5.74, 6) is 5.37. The first-order valence-electron chi connectivity index (χ1n) is 19.4. The Hall–Kier alpha value is -5.87. The Balaban J connectivity index is 1.02. The summed E-state index contributed by atoms with van der Waals surface area (Å²) in [4.78, 5) is 15.2. The van der Waals surface area contributed by atoms with Crippen LogP contribution in [0.2, 0.25) is 0 Å². The highest BCUT2D eigenvalue weighted by molar-refractivity contribution is 6.10. The van der Waals surface area contributed by atoms with Crippen LogP contribution in [0.15, 0.2) is 146 Å². The average Bonchev–Trinajstić information content (AvgIpc) is 3.70. The van der Waals surface area contributed by atoms with E-state index in [9.17, 15) is 0 Å². The van der Waals surface area contributed by atoms with Gasteiger partial charge in [0.25, 0.3) is 0 Å². The molecule has 4 bridgehead atoms. The summed E-state index contributed by atoms with van der Waals surface area (Å²) in [7, 11) is 0. The van der Waals surface area contributed by atoms with Crippen LogP contribution < -0.4 is 0 Å². The number of hydrogen-bond acceptors (Lipinski definition) is 3. The molecule has 0 aliphatic heterocycles. The first kappa shape index (κ1) is 29.7. The van der Waals surface area contributed by atoms with Crippen molar-refractivity contribution in [3.05, 3.63) is 157 Å². The van der Waals surface area contributed by atoms with Crippen LogP contribution in [0, 0.1) is 23.7 Å². The number of aromatic nitrogens is 4. The first-order chi connectivity index (χ1) is 26.2. The molecule has 4 fully saturated rings. The van der Waals surface area contributed by atoms with Crippen LogP contribution in [0.25, 0.3) is 72.8 Å². The summed E-state index contributed by atoms with van der Waals surface area (Å²) in [5, 5.41) is 2.38. The van der Waals surface area contributed by atoms with Gasteiger partial charge in [0.05, 0.1) is 11.0 Å². The maximum absolute atomic E-state index is 5.13. The molecule has 0 amide bonds. The minimum atomic E-state index is 0.191. The summed E-state index contributed by atoms with van der Waals surface area (Å²) in [6.07, 6.45) is 7.10. The Morgan fingerprint density at radius 3 is 1.72 bits per heavy atom. The van der Waals surface area contributed by atoms with Crippen molar-refractivity contribution in [3.63, 3.8) is 0 Å². The Morgan fingerprint density at radius 1 is 0.434 bits per heavy atom. The molecule has 53 heavy (non-hydrogen) atoms. The normalized spacial score (nSPS) is 23.5. The molecule has 2 heterocycles. The molecule has 4 saturated carbocycles. The van der Waals surface area contributed by atoms with Crippen LogP contribution in [0.4, 0.5) is 0 Å². The Morgan fingerprint density at radius 2 is 1.00 bits per heavy atom. The third kappa shape index (κ3) is 4.21. The van der Waals surface area contributed by atoms with Gasteiger partial charge < -0.3 is 0 Å². The number of fused-ring (bicyclic) bond motifs is 6. The van der Waals surface area contributed by atoms with Crippen LogP contribution in [0.1, 0.15) is 43.2 Å². The van der Waals surface area contributed by atoms with Gasteiger partial charge in [0.2, 0.25) is 5.95 Å². The predicted molar refractivity (Wildman–Crippen MR) is 214 cm³/mol. The van der Waals surface area contributed by atoms with E-state index in [1.165, 1.54) is 65.1 Å². The van der Waals surface area contributed by atoms with Crippen LogP contribution in [0.5, 0.6) is 0 Å². The largest absolute Gasteiger partial charge is 0.278 e. The Bertz CT molecular complexity index is 2660. The average molecular weight is 683 g/mol. The molecule has 1 spiro atoms.